The lowest BCUT2D eigenvalue weighted by Gasteiger charge is -2.32. The summed E-state index contributed by atoms with van der Waals surface area (Å²) in [5.74, 6) is -0.203. The first-order valence-electron chi connectivity index (χ1n) is 6.15. The topological polar surface area (TPSA) is 20.3 Å². The summed E-state index contributed by atoms with van der Waals surface area (Å²) >= 11 is 0. The van der Waals surface area contributed by atoms with Crippen LogP contribution < -0.4 is 0 Å². The van der Waals surface area contributed by atoms with Crippen molar-refractivity contribution < 1.29 is 9.18 Å². The fourth-order valence-corrected chi connectivity index (χ4v) is 2.40. The maximum absolute atomic E-state index is 13.2. The van der Waals surface area contributed by atoms with Gasteiger partial charge in [-0.2, -0.15) is 0 Å². The highest BCUT2D eigenvalue weighted by Crippen LogP contribution is 2.20. The molecule has 0 radical (unpaired) electrons. The van der Waals surface area contributed by atoms with Gasteiger partial charge in [-0.3, -0.25) is 4.90 Å². The molecule has 1 heterocycles. The number of hydrogen-bond donors (Lipinski definition) is 0. The predicted octanol–water partition coefficient (Wildman–Crippen LogP) is 2.69. The van der Waals surface area contributed by atoms with Crippen molar-refractivity contribution in [1.29, 1.82) is 0 Å². The molecule has 0 bridgehead atoms. The minimum atomic E-state index is -0.203. The van der Waals surface area contributed by atoms with Crippen molar-refractivity contribution in [2.24, 2.45) is 0 Å². The highest BCUT2D eigenvalue weighted by molar-refractivity contribution is 5.57. The van der Waals surface area contributed by atoms with Crippen LogP contribution in [0, 0.1) is 12.7 Å². The monoisotopic (exact) mass is 235 g/mol. The van der Waals surface area contributed by atoms with Crippen LogP contribution in [0.2, 0.25) is 0 Å². The molecule has 1 aliphatic rings. The van der Waals surface area contributed by atoms with Gasteiger partial charge < -0.3 is 4.79 Å². The molecular formula is C14H18FNO. The predicted molar refractivity (Wildman–Crippen MR) is 65.3 cm³/mol. The van der Waals surface area contributed by atoms with Crippen LogP contribution >= 0.6 is 0 Å². The van der Waals surface area contributed by atoms with Crippen molar-refractivity contribution in [1.82, 2.24) is 4.90 Å². The fourth-order valence-electron chi connectivity index (χ4n) is 2.40. The van der Waals surface area contributed by atoms with Crippen LogP contribution in [-0.2, 0) is 11.3 Å². The van der Waals surface area contributed by atoms with Crippen LogP contribution in [0.4, 0.5) is 4.39 Å². The zero-order valence-corrected chi connectivity index (χ0v) is 10.2. The zero-order chi connectivity index (χ0) is 12.3. The molecule has 0 aliphatic carbocycles. The van der Waals surface area contributed by atoms with Gasteiger partial charge in [0.2, 0.25) is 0 Å². The number of piperidine rings is 1. The number of hydrogen-bond acceptors (Lipinski definition) is 2. The molecular weight excluding hydrogens is 217 g/mol. The Bertz CT molecular complexity index is 405. The van der Waals surface area contributed by atoms with Gasteiger partial charge in [-0.05, 0) is 49.6 Å². The number of nitrogens with zero attached hydrogens (tertiary/aromatic N) is 1. The Kier molecular flexibility index (Phi) is 3.89. The molecule has 2 rings (SSSR count). The normalized spacial score (nSPS) is 21.4. The number of aldehydes is 1. The Balaban J connectivity index is 2.13. The van der Waals surface area contributed by atoms with Crippen molar-refractivity contribution in [3.8, 4) is 0 Å². The van der Waals surface area contributed by atoms with E-state index >= 15 is 0 Å². The first-order chi connectivity index (χ1) is 8.20. The van der Waals surface area contributed by atoms with Crippen molar-refractivity contribution >= 4 is 6.29 Å². The van der Waals surface area contributed by atoms with Crippen molar-refractivity contribution in [2.45, 2.75) is 38.8 Å². The van der Waals surface area contributed by atoms with Crippen LogP contribution in [0.5, 0.6) is 0 Å². The molecule has 0 spiro atoms. The average Bonchev–Trinajstić information content (AvgIpc) is 2.34. The summed E-state index contributed by atoms with van der Waals surface area (Å²) in [6.07, 6.45) is 4.19. The van der Waals surface area contributed by atoms with Gasteiger partial charge in [0.1, 0.15) is 12.1 Å². The van der Waals surface area contributed by atoms with Crippen molar-refractivity contribution in [2.75, 3.05) is 6.54 Å². The van der Waals surface area contributed by atoms with Gasteiger partial charge in [0.25, 0.3) is 0 Å². The third-order valence-corrected chi connectivity index (χ3v) is 3.51. The standard InChI is InChI=1S/C14H18FNO/c1-11-5-6-13(15)8-12(11)9-16-7-3-2-4-14(16)10-17/h5-6,8,10,14H,2-4,7,9H2,1H3. The second-order valence-corrected chi connectivity index (χ2v) is 4.74. The minimum absolute atomic E-state index is 0.00594. The fraction of sp³-hybridized carbons (Fsp3) is 0.500. The zero-order valence-electron chi connectivity index (χ0n) is 10.2. The van der Waals surface area contributed by atoms with E-state index in [4.69, 9.17) is 0 Å². The Morgan fingerprint density at radius 2 is 2.29 bits per heavy atom. The van der Waals surface area contributed by atoms with Gasteiger partial charge >= 0.3 is 0 Å². The van der Waals surface area contributed by atoms with E-state index in [-0.39, 0.29) is 11.9 Å². The molecule has 92 valence electrons. The van der Waals surface area contributed by atoms with E-state index in [9.17, 15) is 9.18 Å². The smallest absolute Gasteiger partial charge is 0.137 e. The highest BCUT2D eigenvalue weighted by atomic mass is 19.1. The van der Waals surface area contributed by atoms with Gasteiger partial charge in [0.15, 0.2) is 0 Å². The van der Waals surface area contributed by atoms with Gasteiger partial charge in [-0.1, -0.05) is 12.5 Å². The summed E-state index contributed by atoms with van der Waals surface area (Å²) in [5.41, 5.74) is 2.07. The Labute approximate surface area is 101 Å². The lowest BCUT2D eigenvalue weighted by molar-refractivity contribution is -0.113. The van der Waals surface area contributed by atoms with E-state index in [0.717, 1.165) is 43.2 Å². The molecule has 0 N–H and O–H groups in total. The Hall–Kier alpha value is -1.22. The molecule has 0 amide bonds. The Morgan fingerprint density at radius 3 is 3.06 bits per heavy atom. The van der Waals surface area contributed by atoms with Gasteiger partial charge in [-0.25, -0.2) is 4.39 Å². The quantitative estimate of drug-likeness (QED) is 0.751. The lowest BCUT2D eigenvalue weighted by atomic mass is 10.0. The number of rotatable bonds is 3. The van der Waals surface area contributed by atoms with Crippen LogP contribution in [0.1, 0.15) is 30.4 Å². The molecule has 17 heavy (non-hydrogen) atoms. The molecule has 1 atom stereocenters. The third-order valence-electron chi connectivity index (χ3n) is 3.51. The van der Waals surface area contributed by atoms with Gasteiger partial charge in [-0.15, -0.1) is 0 Å². The number of likely N-dealkylation sites (tertiary alicyclic amines) is 1. The number of carbonyl (C=O) groups excluding carboxylic acids is 1. The minimum Gasteiger partial charge on any atom is -0.302 e. The maximum atomic E-state index is 13.2. The molecule has 0 saturated carbocycles. The summed E-state index contributed by atoms with van der Waals surface area (Å²) in [5, 5.41) is 0. The van der Waals surface area contributed by atoms with E-state index in [0.29, 0.717) is 6.54 Å². The van der Waals surface area contributed by atoms with Crippen LogP contribution in [-0.4, -0.2) is 23.8 Å². The molecule has 1 aliphatic heterocycles. The molecule has 2 nitrogen and oxygen atoms in total. The Morgan fingerprint density at radius 1 is 1.47 bits per heavy atom. The third kappa shape index (κ3) is 2.91. The second-order valence-electron chi connectivity index (χ2n) is 4.74. The summed E-state index contributed by atoms with van der Waals surface area (Å²) < 4.78 is 13.2. The molecule has 3 heteroatoms. The molecule has 1 aromatic carbocycles. The first kappa shape index (κ1) is 12.2. The number of benzene rings is 1. The first-order valence-corrected chi connectivity index (χ1v) is 6.15. The summed E-state index contributed by atoms with van der Waals surface area (Å²) in [4.78, 5) is 13.1. The number of halogens is 1. The molecule has 1 fully saturated rings. The van der Waals surface area contributed by atoms with Crippen molar-refractivity contribution in [3.05, 3.63) is 35.1 Å². The maximum Gasteiger partial charge on any atom is 0.137 e. The highest BCUT2D eigenvalue weighted by Gasteiger charge is 2.22. The molecule has 1 aromatic rings. The summed E-state index contributed by atoms with van der Waals surface area (Å²) in [7, 11) is 0. The SMILES string of the molecule is Cc1ccc(F)cc1CN1CCCCC1C=O. The largest absolute Gasteiger partial charge is 0.302 e. The second kappa shape index (κ2) is 5.41. The number of aryl methyl sites for hydroxylation is 1. The van der Waals surface area contributed by atoms with Crippen LogP contribution in [0.25, 0.3) is 0 Å². The molecule has 0 aromatic heterocycles. The van der Waals surface area contributed by atoms with E-state index in [2.05, 4.69) is 4.90 Å². The summed E-state index contributed by atoms with van der Waals surface area (Å²) in [6.45, 7) is 3.58. The van der Waals surface area contributed by atoms with Crippen LogP contribution in [0.15, 0.2) is 18.2 Å². The average molecular weight is 235 g/mol. The molecule has 1 unspecified atom stereocenters. The lowest BCUT2D eigenvalue weighted by Crippen LogP contribution is -2.40. The van der Waals surface area contributed by atoms with Crippen molar-refractivity contribution in [3.63, 3.8) is 0 Å². The van der Waals surface area contributed by atoms with E-state index in [1.165, 1.54) is 6.07 Å². The molecule has 1 saturated heterocycles. The van der Waals surface area contributed by atoms with Gasteiger partial charge in [0.05, 0.1) is 6.04 Å². The van der Waals surface area contributed by atoms with E-state index in [1.54, 1.807) is 12.1 Å². The summed E-state index contributed by atoms with van der Waals surface area (Å²) in [6, 6.07) is 4.86. The number of carbonyl (C=O) groups is 1. The van der Waals surface area contributed by atoms with Gasteiger partial charge in [0, 0.05) is 6.54 Å². The van der Waals surface area contributed by atoms with E-state index in [1.807, 2.05) is 6.92 Å². The van der Waals surface area contributed by atoms with Crippen LogP contribution in [0.3, 0.4) is 0 Å². The van der Waals surface area contributed by atoms with E-state index < -0.39 is 0 Å².